The third-order valence-corrected chi connectivity index (χ3v) is 5.44. The summed E-state index contributed by atoms with van der Waals surface area (Å²) < 4.78 is 0.956. The lowest BCUT2D eigenvalue weighted by atomic mass is 10.1. The van der Waals surface area contributed by atoms with Gasteiger partial charge in [-0.15, -0.1) is 0 Å². The largest absolute Gasteiger partial charge is 0.366 e. The molecule has 0 aliphatic carbocycles. The lowest BCUT2D eigenvalue weighted by molar-refractivity contribution is -0.384. The van der Waals surface area contributed by atoms with Crippen LogP contribution in [0.1, 0.15) is 35.2 Å². The molecule has 1 saturated heterocycles. The molecule has 136 valence electrons. The number of benzene rings is 2. The van der Waals surface area contributed by atoms with Crippen LogP contribution in [0, 0.1) is 17.0 Å². The number of carbonyl (C=O) groups is 1. The summed E-state index contributed by atoms with van der Waals surface area (Å²) in [5.74, 6) is -0.361. The van der Waals surface area contributed by atoms with Crippen LogP contribution in [0.5, 0.6) is 0 Å². The second-order valence-electron chi connectivity index (χ2n) is 6.43. The van der Waals surface area contributed by atoms with Crippen molar-refractivity contribution in [1.29, 1.82) is 0 Å². The smallest absolute Gasteiger partial charge is 0.293 e. The third-order valence-electron chi connectivity index (χ3n) is 4.55. The van der Waals surface area contributed by atoms with Crippen molar-refractivity contribution < 1.29 is 9.72 Å². The first-order valence-electron chi connectivity index (χ1n) is 8.56. The van der Waals surface area contributed by atoms with Gasteiger partial charge in [0.2, 0.25) is 0 Å². The minimum absolute atomic E-state index is 0.0217. The molecule has 0 saturated carbocycles. The van der Waals surface area contributed by atoms with Crippen LogP contribution >= 0.6 is 15.9 Å². The van der Waals surface area contributed by atoms with Gasteiger partial charge in [-0.25, -0.2) is 0 Å². The number of amides is 1. The lowest BCUT2D eigenvalue weighted by Gasteiger charge is -2.28. The highest BCUT2D eigenvalue weighted by atomic mass is 79.9. The number of carbonyl (C=O) groups excluding carboxylic acids is 1. The number of hydrogen-bond donors (Lipinski definition) is 1. The van der Waals surface area contributed by atoms with Gasteiger partial charge in [0, 0.05) is 34.9 Å². The Morgan fingerprint density at radius 2 is 1.88 bits per heavy atom. The van der Waals surface area contributed by atoms with Crippen LogP contribution in [0.15, 0.2) is 40.9 Å². The number of anilines is 2. The molecule has 0 spiro atoms. The van der Waals surface area contributed by atoms with Crippen LogP contribution in [-0.2, 0) is 0 Å². The molecule has 1 aliphatic heterocycles. The van der Waals surface area contributed by atoms with Crippen LogP contribution < -0.4 is 10.2 Å². The van der Waals surface area contributed by atoms with Gasteiger partial charge in [-0.1, -0.05) is 15.9 Å². The number of piperidine rings is 1. The molecule has 0 unspecified atom stereocenters. The van der Waals surface area contributed by atoms with Crippen LogP contribution in [0.25, 0.3) is 0 Å². The number of rotatable bonds is 4. The molecule has 2 aromatic rings. The van der Waals surface area contributed by atoms with Gasteiger partial charge in [0.05, 0.1) is 4.92 Å². The number of nitro groups is 1. The zero-order chi connectivity index (χ0) is 18.7. The Morgan fingerprint density at radius 1 is 1.15 bits per heavy atom. The molecule has 3 rings (SSSR count). The summed E-state index contributed by atoms with van der Waals surface area (Å²) in [5.41, 5.74) is 2.49. The first-order valence-corrected chi connectivity index (χ1v) is 9.36. The molecule has 0 aromatic heterocycles. The van der Waals surface area contributed by atoms with E-state index in [4.69, 9.17) is 0 Å². The topological polar surface area (TPSA) is 75.5 Å². The Morgan fingerprint density at radius 3 is 2.54 bits per heavy atom. The van der Waals surface area contributed by atoms with Crippen molar-refractivity contribution in [3.63, 3.8) is 0 Å². The number of nitrogens with one attached hydrogen (secondary N) is 1. The number of nitrogens with zero attached hydrogens (tertiary/aromatic N) is 2. The summed E-state index contributed by atoms with van der Waals surface area (Å²) in [6.45, 7) is 3.55. The highest BCUT2D eigenvalue weighted by Gasteiger charge is 2.23. The van der Waals surface area contributed by atoms with Crippen LogP contribution in [-0.4, -0.2) is 23.9 Å². The Hall–Kier alpha value is -2.41. The van der Waals surface area contributed by atoms with Gasteiger partial charge in [-0.05, 0) is 62.1 Å². The average Bonchev–Trinajstić information content (AvgIpc) is 2.65. The molecule has 2 aromatic carbocycles. The Balaban J connectivity index is 1.85. The molecule has 0 radical (unpaired) electrons. The summed E-state index contributed by atoms with van der Waals surface area (Å²) in [5, 5.41) is 14.3. The minimum atomic E-state index is -0.412. The van der Waals surface area contributed by atoms with E-state index in [0.29, 0.717) is 11.4 Å². The molecule has 6 nitrogen and oxygen atoms in total. The van der Waals surface area contributed by atoms with Crippen molar-refractivity contribution in [3.05, 3.63) is 62.1 Å². The number of hydrogen-bond acceptors (Lipinski definition) is 4. The standard InChI is InChI=1S/C19H20BrN3O3/c1-13-11-15(6-7-16(13)20)21-19(24)14-5-8-17(18(12-14)23(25)26)22-9-3-2-4-10-22/h5-8,11-12H,2-4,9-10H2,1H3,(H,21,24). The van der Waals surface area contributed by atoms with Gasteiger partial charge in [-0.3, -0.25) is 14.9 Å². The molecule has 1 N–H and O–H groups in total. The zero-order valence-corrected chi connectivity index (χ0v) is 16.1. The summed E-state index contributed by atoms with van der Waals surface area (Å²) >= 11 is 3.42. The minimum Gasteiger partial charge on any atom is -0.366 e. The van der Waals surface area contributed by atoms with E-state index < -0.39 is 4.92 Å². The predicted octanol–water partition coefficient (Wildman–Crippen LogP) is 4.91. The average molecular weight is 418 g/mol. The van der Waals surface area contributed by atoms with Crippen molar-refractivity contribution in [2.45, 2.75) is 26.2 Å². The lowest BCUT2D eigenvalue weighted by Crippen LogP contribution is -2.30. The Kier molecular flexibility index (Phi) is 5.56. The maximum atomic E-state index is 12.5. The molecule has 0 bridgehead atoms. The zero-order valence-electron chi connectivity index (χ0n) is 14.5. The highest BCUT2D eigenvalue weighted by Crippen LogP contribution is 2.31. The molecular formula is C19H20BrN3O3. The van der Waals surface area contributed by atoms with E-state index >= 15 is 0 Å². The van der Waals surface area contributed by atoms with Crippen LogP contribution in [0.3, 0.4) is 0 Å². The van der Waals surface area contributed by atoms with Crippen molar-refractivity contribution in [1.82, 2.24) is 0 Å². The van der Waals surface area contributed by atoms with Gasteiger partial charge >= 0.3 is 0 Å². The van der Waals surface area contributed by atoms with Crippen molar-refractivity contribution in [2.24, 2.45) is 0 Å². The monoisotopic (exact) mass is 417 g/mol. The van der Waals surface area contributed by atoms with E-state index in [9.17, 15) is 14.9 Å². The molecule has 0 atom stereocenters. The van der Waals surface area contributed by atoms with Crippen LogP contribution in [0.4, 0.5) is 17.1 Å². The fourth-order valence-electron chi connectivity index (χ4n) is 3.14. The Bertz CT molecular complexity index is 848. The SMILES string of the molecule is Cc1cc(NC(=O)c2ccc(N3CCCCC3)c([N+](=O)[O-])c2)ccc1Br. The van der Waals surface area contributed by atoms with Gasteiger partial charge in [-0.2, -0.15) is 0 Å². The van der Waals surface area contributed by atoms with Gasteiger partial charge in [0.1, 0.15) is 5.69 Å². The second kappa shape index (κ2) is 7.86. The maximum Gasteiger partial charge on any atom is 0.293 e. The van der Waals surface area contributed by atoms with E-state index in [1.54, 1.807) is 18.2 Å². The summed E-state index contributed by atoms with van der Waals surface area (Å²) in [7, 11) is 0. The van der Waals surface area contributed by atoms with E-state index in [0.717, 1.165) is 42.4 Å². The fraction of sp³-hybridized carbons (Fsp3) is 0.316. The maximum absolute atomic E-state index is 12.5. The number of nitro benzene ring substituents is 1. The van der Waals surface area contributed by atoms with Crippen molar-refractivity contribution >= 4 is 38.9 Å². The molecule has 1 heterocycles. The van der Waals surface area contributed by atoms with Crippen molar-refractivity contribution in [2.75, 3.05) is 23.3 Å². The number of aryl methyl sites for hydroxylation is 1. The molecule has 1 fully saturated rings. The molecule has 7 heteroatoms. The number of halogens is 1. The molecular weight excluding hydrogens is 398 g/mol. The summed E-state index contributed by atoms with van der Waals surface area (Å²) in [6.07, 6.45) is 3.21. The van der Waals surface area contributed by atoms with E-state index in [1.807, 2.05) is 24.0 Å². The van der Waals surface area contributed by atoms with Crippen molar-refractivity contribution in [3.8, 4) is 0 Å². The van der Waals surface area contributed by atoms with Gasteiger partial charge in [0.25, 0.3) is 11.6 Å². The van der Waals surface area contributed by atoms with E-state index in [2.05, 4.69) is 21.2 Å². The summed E-state index contributed by atoms with van der Waals surface area (Å²) in [6, 6.07) is 10.2. The molecule has 1 amide bonds. The van der Waals surface area contributed by atoms with Crippen LogP contribution in [0.2, 0.25) is 0 Å². The normalized spacial score (nSPS) is 14.2. The molecule has 26 heavy (non-hydrogen) atoms. The summed E-state index contributed by atoms with van der Waals surface area (Å²) in [4.78, 5) is 25.7. The third kappa shape index (κ3) is 4.04. The van der Waals surface area contributed by atoms with Gasteiger partial charge < -0.3 is 10.2 Å². The molecule has 1 aliphatic rings. The Labute approximate surface area is 160 Å². The second-order valence-corrected chi connectivity index (χ2v) is 7.28. The van der Waals surface area contributed by atoms with E-state index in [-0.39, 0.29) is 17.2 Å². The predicted molar refractivity (Wildman–Crippen MR) is 106 cm³/mol. The highest BCUT2D eigenvalue weighted by molar-refractivity contribution is 9.10. The van der Waals surface area contributed by atoms with E-state index in [1.165, 1.54) is 6.07 Å². The quantitative estimate of drug-likeness (QED) is 0.566. The first kappa shape index (κ1) is 18.4. The van der Waals surface area contributed by atoms with Gasteiger partial charge in [0.15, 0.2) is 0 Å². The fourth-order valence-corrected chi connectivity index (χ4v) is 3.39. The first-order chi connectivity index (χ1) is 12.5.